The second-order valence-corrected chi connectivity index (χ2v) is 5.34. The average molecular weight is 312 g/mol. The van der Waals surface area contributed by atoms with Gasteiger partial charge in [0.25, 0.3) is 0 Å². The lowest BCUT2D eigenvalue weighted by molar-refractivity contribution is 0.103. The summed E-state index contributed by atoms with van der Waals surface area (Å²) in [6.07, 6.45) is 2.90. The Labute approximate surface area is 133 Å². The number of aromatic nitrogens is 1. The van der Waals surface area contributed by atoms with Crippen LogP contribution in [-0.2, 0) is 12.8 Å². The molecule has 1 heterocycles. The van der Waals surface area contributed by atoms with E-state index in [2.05, 4.69) is 4.98 Å². The van der Waals surface area contributed by atoms with Crippen LogP contribution in [0.3, 0.4) is 0 Å². The van der Waals surface area contributed by atoms with Crippen LogP contribution in [0, 0.1) is 0 Å². The lowest BCUT2D eigenvalue weighted by Gasteiger charge is -2.03. The Morgan fingerprint density at radius 1 is 0.955 bits per heavy atom. The Morgan fingerprint density at radius 3 is 2.27 bits per heavy atom. The molecule has 0 spiro atoms. The zero-order chi connectivity index (χ0) is 15.4. The lowest BCUT2D eigenvalue weighted by atomic mass is 10.0. The van der Waals surface area contributed by atoms with Crippen LogP contribution < -0.4 is 0 Å². The monoisotopic (exact) mass is 311 g/mol. The minimum absolute atomic E-state index is 0.0339. The first kappa shape index (κ1) is 14.5. The van der Waals surface area contributed by atoms with Crippen LogP contribution in [0.4, 0.5) is 0 Å². The Kier molecular flexibility index (Phi) is 4.35. The van der Waals surface area contributed by atoms with Crippen LogP contribution in [0.5, 0.6) is 0 Å². The number of carbonyl (C=O) groups is 1. The molecule has 0 fully saturated rings. The highest BCUT2D eigenvalue weighted by atomic mass is 35.5. The fourth-order valence-electron chi connectivity index (χ4n) is 2.23. The van der Waals surface area contributed by atoms with Gasteiger partial charge in [-0.05, 0) is 12.0 Å². The zero-order valence-electron chi connectivity index (χ0n) is 11.8. The summed E-state index contributed by atoms with van der Waals surface area (Å²) < 4.78 is 5.21. The van der Waals surface area contributed by atoms with Crippen molar-refractivity contribution in [1.82, 2.24) is 4.98 Å². The predicted octanol–water partition coefficient (Wildman–Crippen LogP) is 4.34. The molecular formula is C18H14ClNO2. The Bertz CT molecular complexity index is 763. The van der Waals surface area contributed by atoms with Crippen molar-refractivity contribution in [2.24, 2.45) is 0 Å². The topological polar surface area (TPSA) is 43.1 Å². The van der Waals surface area contributed by atoms with Crippen LogP contribution in [0.1, 0.15) is 27.4 Å². The largest absolute Gasteiger partial charge is 0.447 e. The van der Waals surface area contributed by atoms with Crippen LogP contribution in [0.25, 0.3) is 0 Å². The van der Waals surface area contributed by atoms with Gasteiger partial charge in [-0.1, -0.05) is 66.2 Å². The number of benzene rings is 2. The standard InChI is InChI=1S/C18H14ClNO2/c19-16-12-22-17(20-16)11-8-13-6-9-15(10-7-13)18(21)14-4-2-1-3-5-14/h1-7,9-10,12H,8,11H2. The Morgan fingerprint density at radius 2 is 1.64 bits per heavy atom. The number of ketones is 1. The molecule has 0 aliphatic rings. The molecule has 0 aliphatic heterocycles. The number of rotatable bonds is 5. The third-order valence-corrected chi connectivity index (χ3v) is 3.58. The van der Waals surface area contributed by atoms with E-state index in [1.807, 2.05) is 54.6 Å². The Balaban J connectivity index is 1.66. The van der Waals surface area contributed by atoms with Crippen molar-refractivity contribution in [2.45, 2.75) is 12.8 Å². The normalized spacial score (nSPS) is 10.6. The van der Waals surface area contributed by atoms with Gasteiger partial charge in [0.15, 0.2) is 16.8 Å². The summed E-state index contributed by atoms with van der Waals surface area (Å²) in [6.45, 7) is 0. The van der Waals surface area contributed by atoms with Crippen LogP contribution in [0.2, 0.25) is 5.15 Å². The summed E-state index contributed by atoms with van der Waals surface area (Å²) in [6, 6.07) is 16.9. The van der Waals surface area contributed by atoms with Gasteiger partial charge in [0, 0.05) is 17.5 Å². The molecule has 0 atom stereocenters. The summed E-state index contributed by atoms with van der Waals surface area (Å²) in [5.41, 5.74) is 2.51. The fourth-order valence-corrected chi connectivity index (χ4v) is 2.37. The zero-order valence-corrected chi connectivity index (χ0v) is 12.6. The minimum atomic E-state index is 0.0339. The molecule has 22 heavy (non-hydrogen) atoms. The number of carbonyl (C=O) groups excluding carboxylic acids is 1. The van der Waals surface area contributed by atoms with Crippen LogP contribution >= 0.6 is 11.6 Å². The van der Waals surface area contributed by atoms with Gasteiger partial charge in [0.1, 0.15) is 6.26 Å². The van der Waals surface area contributed by atoms with E-state index in [0.717, 1.165) is 12.0 Å². The van der Waals surface area contributed by atoms with Crippen molar-refractivity contribution in [3.63, 3.8) is 0 Å². The van der Waals surface area contributed by atoms with E-state index >= 15 is 0 Å². The second kappa shape index (κ2) is 6.58. The van der Waals surface area contributed by atoms with Gasteiger partial charge in [0.2, 0.25) is 0 Å². The van der Waals surface area contributed by atoms with E-state index in [1.54, 1.807) is 0 Å². The van der Waals surface area contributed by atoms with Crippen molar-refractivity contribution < 1.29 is 9.21 Å². The number of aryl methyl sites for hydroxylation is 2. The maximum Gasteiger partial charge on any atom is 0.195 e. The summed E-state index contributed by atoms with van der Waals surface area (Å²) >= 11 is 5.71. The SMILES string of the molecule is O=C(c1ccccc1)c1ccc(CCc2nc(Cl)co2)cc1. The average Bonchev–Trinajstić information content (AvgIpc) is 2.99. The van der Waals surface area contributed by atoms with Crippen molar-refractivity contribution in [1.29, 1.82) is 0 Å². The summed E-state index contributed by atoms with van der Waals surface area (Å²) in [5, 5.41) is 0.374. The predicted molar refractivity (Wildman–Crippen MR) is 85.2 cm³/mol. The first-order valence-corrected chi connectivity index (χ1v) is 7.39. The molecule has 3 rings (SSSR count). The smallest absolute Gasteiger partial charge is 0.195 e. The van der Waals surface area contributed by atoms with Gasteiger partial charge in [-0.25, -0.2) is 4.98 Å². The molecule has 0 saturated carbocycles. The molecule has 2 aromatic carbocycles. The van der Waals surface area contributed by atoms with E-state index in [4.69, 9.17) is 16.0 Å². The minimum Gasteiger partial charge on any atom is -0.447 e. The Hall–Kier alpha value is -2.39. The highest BCUT2D eigenvalue weighted by molar-refractivity contribution is 6.29. The number of hydrogen-bond donors (Lipinski definition) is 0. The van der Waals surface area contributed by atoms with E-state index in [9.17, 15) is 4.79 Å². The molecule has 0 amide bonds. The molecule has 0 bridgehead atoms. The maximum atomic E-state index is 12.3. The highest BCUT2D eigenvalue weighted by Gasteiger charge is 2.08. The molecular weight excluding hydrogens is 298 g/mol. The number of oxazole rings is 1. The molecule has 0 saturated heterocycles. The number of hydrogen-bond acceptors (Lipinski definition) is 3. The summed E-state index contributed by atoms with van der Waals surface area (Å²) in [4.78, 5) is 16.4. The molecule has 1 aromatic heterocycles. The molecule has 0 N–H and O–H groups in total. The van der Waals surface area contributed by atoms with Gasteiger partial charge < -0.3 is 4.42 Å². The molecule has 4 heteroatoms. The summed E-state index contributed by atoms with van der Waals surface area (Å²) in [7, 11) is 0. The van der Waals surface area contributed by atoms with Crippen LogP contribution in [0.15, 0.2) is 65.3 Å². The highest BCUT2D eigenvalue weighted by Crippen LogP contribution is 2.14. The van der Waals surface area contributed by atoms with Crippen LogP contribution in [-0.4, -0.2) is 10.8 Å². The molecule has 3 aromatic rings. The second-order valence-electron chi connectivity index (χ2n) is 4.96. The van der Waals surface area contributed by atoms with Crippen molar-refractivity contribution in [2.75, 3.05) is 0 Å². The lowest BCUT2D eigenvalue weighted by Crippen LogP contribution is -2.01. The number of halogens is 1. The van der Waals surface area contributed by atoms with Gasteiger partial charge in [0.05, 0.1) is 0 Å². The van der Waals surface area contributed by atoms with Crippen molar-refractivity contribution in [3.8, 4) is 0 Å². The van der Waals surface area contributed by atoms with E-state index in [1.165, 1.54) is 6.26 Å². The molecule has 3 nitrogen and oxygen atoms in total. The summed E-state index contributed by atoms with van der Waals surface area (Å²) in [5.74, 6) is 0.654. The third kappa shape index (κ3) is 3.43. The molecule has 0 aliphatic carbocycles. The van der Waals surface area contributed by atoms with E-state index in [-0.39, 0.29) is 5.78 Å². The van der Waals surface area contributed by atoms with E-state index < -0.39 is 0 Å². The van der Waals surface area contributed by atoms with Gasteiger partial charge in [-0.15, -0.1) is 0 Å². The van der Waals surface area contributed by atoms with Gasteiger partial charge in [-0.3, -0.25) is 4.79 Å². The van der Waals surface area contributed by atoms with E-state index in [0.29, 0.717) is 28.6 Å². The van der Waals surface area contributed by atoms with Gasteiger partial charge >= 0.3 is 0 Å². The molecule has 0 radical (unpaired) electrons. The fraction of sp³-hybridized carbons (Fsp3) is 0.111. The first-order chi connectivity index (χ1) is 10.7. The third-order valence-electron chi connectivity index (χ3n) is 3.40. The van der Waals surface area contributed by atoms with Crippen molar-refractivity contribution >= 4 is 17.4 Å². The van der Waals surface area contributed by atoms with Crippen molar-refractivity contribution in [3.05, 3.63) is 88.6 Å². The first-order valence-electron chi connectivity index (χ1n) is 7.01. The number of nitrogens with zero attached hydrogens (tertiary/aromatic N) is 1. The molecule has 0 unspecified atom stereocenters. The quantitative estimate of drug-likeness (QED) is 0.658. The molecule has 110 valence electrons. The van der Waals surface area contributed by atoms with Gasteiger partial charge in [-0.2, -0.15) is 0 Å². The maximum absolute atomic E-state index is 12.3.